The zero-order valence-corrected chi connectivity index (χ0v) is 10.5. The molecule has 0 aromatic rings. The molecule has 1 spiro atoms. The fraction of sp³-hybridized carbons (Fsp3) is 1.00. The zero-order chi connectivity index (χ0) is 12.3. The summed E-state index contributed by atoms with van der Waals surface area (Å²) >= 11 is 1.89. The fourth-order valence-electron chi connectivity index (χ4n) is 2.44. The number of alkyl halides is 2. The minimum absolute atomic E-state index is 0.0362. The summed E-state index contributed by atoms with van der Waals surface area (Å²) in [7, 11) is 0. The third-order valence-electron chi connectivity index (χ3n) is 3.47. The standard InChI is InChI=1S/C11H19F2NO2S/c12-10(13)9(15)6-14-8-1-3-16-11(5-8)2-4-17-7-11/h8-10,14-15H,1-7H2. The lowest BCUT2D eigenvalue weighted by molar-refractivity contribution is -0.0731. The third kappa shape index (κ3) is 3.53. The minimum Gasteiger partial charge on any atom is -0.386 e. The Balaban J connectivity index is 1.77. The molecule has 0 aliphatic carbocycles. The van der Waals surface area contributed by atoms with Gasteiger partial charge in [0.15, 0.2) is 0 Å². The molecule has 2 heterocycles. The van der Waals surface area contributed by atoms with Crippen LogP contribution in [0.15, 0.2) is 0 Å². The van der Waals surface area contributed by atoms with Crippen molar-refractivity contribution in [2.24, 2.45) is 0 Å². The van der Waals surface area contributed by atoms with Gasteiger partial charge in [-0.1, -0.05) is 0 Å². The largest absolute Gasteiger partial charge is 0.386 e. The molecule has 0 bridgehead atoms. The van der Waals surface area contributed by atoms with Crippen molar-refractivity contribution < 1.29 is 18.6 Å². The predicted octanol–water partition coefficient (Wildman–Crippen LogP) is 1.26. The summed E-state index contributed by atoms with van der Waals surface area (Å²) in [4.78, 5) is 0. The first-order valence-corrected chi connectivity index (χ1v) is 7.18. The van der Waals surface area contributed by atoms with Gasteiger partial charge in [-0.05, 0) is 25.0 Å². The Morgan fingerprint density at radius 1 is 1.53 bits per heavy atom. The van der Waals surface area contributed by atoms with Crippen LogP contribution in [0.5, 0.6) is 0 Å². The molecule has 3 atom stereocenters. The van der Waals surface area contributed by atoms with Crippen molar-refractivity contribution in [1.82, 2.24) is 5.32 Å². The monoisotopic (exact) mass is 267 g/mol. The highest BCUT2D eigenvalue weighted by atomic mass is 32.2. The van der Waals surface area contributed by atoms with Gasteiger partial charge < -0.3 is 15.2 Å². The van der Waals surface area contributed by atoms with Crippen LogP contribution in [0, 0.1) is 0 Å². The second kappa shape index (κ2) is 5.82. The van der Waals surface area contributed by atoms with Crippen molar-refractivity contribution >= 4 is 11.8 Å². The second-order valence-corrected chi connectivity index (χ2v) is 5.94. The average Bonchev–Trinajstić information content (AvgIpc) is 2.74. The molecule has 2 aliphatic heterocycles. The Morgan fingerprint density at radius 3 is 3.00 bits per heavy atom. The summed E-state index contributed by atoms with van der Waals surface area (Å²) in [5.41, 5.74) is -0.0453. The topological polar surface area (TPSA) is 41.5 Å². The van der Waals surface area contributed by atoms with Gasteiger partial charge in [-0.15, -0.1) is 0 Å². The van der Waals surface area contributed by atoms with E-state index in [9.17, 15) is 8.78 Å². The second-order valence-electron chi connectivity index (χ2n) is 4.83. The van der Waals surface area contributed by atoms with Crippen LogP contribution in [0.3, 0.4) is 0 Å². The maximum absolute atomic E-state index is 12.2. The van der Waals surface area contributed by atoms with Crippen molar-refractivity contribution in [3.05, 3.63) is 0 Å². The van der Waals surface area contributed by atoms with Crippen molar-refractivity contribution in [2.75, 3.05) is 24.7 Å². The quantitative estimate of drug-likeness (QED) is 0.804. The van der Waals surface area contributed by atoms with Gasteiger partial charge in [-0.3, -0.25) is 0 Å². The van der Waals surface area contributed by atoms with Crippen LogP contribution < -0.4 is 5.32 Å². The minimum atomic E-state index is -2.67. The van der Waals surface area contributed by atoms with Gasteiger partial charge in [0.25, 0.3) is 6.43 Å². The summed E-state index contributed by atoms with van der Waals surface area (Å²) in [6.07, 6.45) is -1.48. The lowest BCUT2D eigenvalue weighted by Crippen LogP contribution is -2.49. The van der Waals surface area contributed by atoms with Crippen LogP contribution in [0.4, 0.5) is 8.78 Å². The van der Waals surface area contributed by atoms with E-state index in [1.165, 1.54) is 0 Å². The molecule has 2 N–H and O–H groups in total. The van der Waals surface area contributed by atoms with E-state index in [1.807, 2.05) is 11.8 Å². The molecule has 0 radical (unpaired) electrons. The van der Waals surface area contributed by atoms with E-state index in [2.05, 4.69) is 5.32 Å². The number of hydrogen-bond acceptors (Lipinski definition) is 4. The first kappa shape index (κ1) is 13.5. The Hall–Kier alpha value is 0.0900. The molecule has 0 aromatic carbocycles. The molecule has 100 valence electrons. The van der Waals surface area contributed by atoms with Crippen LogP contribution in [-0.4, -0.2) is 53.9 Å². The Labute approximate surface area is 104 Å². The molecule has 0 aromatic heterocycles. The number of ether oxygens (including phenoxy) is 1. The molecule has 3 unspecified atom stereocenters. The molecule has 6 heteroatoms. The van der Waals surface area contributed by atoms with Crippen molar-refractivity contribution in [1.29, 1.82) is 0 Å². The predicted molar refractivity (Wildman–Crippen MR) is 63.7 cm³/mol. The third-order valence-corrected chi connectivity index (χ3v) is 4.69. The van der Waals surface area contributed by atoms with Gasteiger partial charge in [-0.25, -0.2) is 8.78 Å². The average molecular weight is 267 g/mol. The van der Waals surface area contributed by atoms with E-state index in [0.29, 0.717) is 6.61 Å². The van der Waals surface area contributed by atoms with E-state index in [0.717, 1.165) is 30.8 Å². The van der Waals surface area contributed by atoms with E-state index >= 15 is 0 Å². The molecule has 3 nitrogen and oxygen atoms in total. The molecule has 2 aliphatic rings. The van der Waals surface area contributed by atoms with Gasteiger partial charge in [0.05, 0.1) is 5.60 Å². The van der Waals surface area contributed by atoms with E-state index in [4.69, 9.17) is 9.84 Å². The van der Waals surface area contributed by atoms with Crippen molar-refractivity contribution in [3.8, 4) is 0 Å². The molecule has 2 fully saturated rings. The first-order valence-electron chi connectivity index (χ1n) is 6.03. The van der Waals surface area contributed by atoms with Crippen LogP contribution in [-0.2, 0) is 4.74 Å². The number of halogens is 2. The van der Waals surface area contributed by atoms with E-state index in [1.54, 1.807) is 0 Å². The fourth-order valence-corrected chi connectivity index (χ4v) is 3.82. The molecular weight excluding hydrogens is 248 g/mol. The highest BCUT2D eigenvalue weighted by Gasteiger charge is 2.40. The van der Waals surface area contributed by atoms with Crippen LogP contribution in [0.25, 0.3) is 0 Å². The molecule has 17 heavy (non-hydrogen) atoms. The zero-order valence-electron chi connectivity index (χ0n) is 9.70. The molecule has 2 saturated heterocycles. The Bertz CT molecular complexity index is 250. The summed E-state index contributed by atoms with van der Waals surface area (Å²) in [5.74, 6) is 2.12. The van der Waals surface area contributed by atoms with E-state index in [-0.39, 0.29) is 18.2 Å². The summed E-state index contributed by atoms with van der Waals surface area (Å²) < 4.78 is 30.2. The maximum Gasteiger partial charge on any atom is 0.265 e. The summed E-state index contributed by atoms with van der Waals surface area (Å²) in [6.45, 7) is 0.647. The highest BCUT2D eigenvalue weighted by molar-refractivity contribution is 7.99. The smallest absolute Gasteiger partial charge is 0.265 e. The van der Waals surface area contributed by atoms with Gasteiger partial charge >= 0.3 is 0 Å². The van der Waals surface area contributed by atoms with Crippen LogP contribution in [0.1, 0.15) is 19.3 Å². The summed E-state index contributed by atoms with van der Waals surface area (Å²) in [6, 6.07) is 0.191. The number of hydrogen-bond donors (Lipinski definition) is 2. The van der Waals surface area contributed by atoms with Crippen molar-refractivity contribution in [3.63, 3.8) is 0 Å². The first-order chi connectivity index (χ1) is 8.11. The van der Waals surface area contributed by atoms with Crippen LogP contribution >= 0.6 is 11.8 Å². The molecule has 0 amide bonds. The number of rotatable bonds is 4. The number of nitrogens with one attached hydrogen (secondary N) is 1. The number of aliphatic hydroxyl groups excluding tert-OH is 1. The van der Waals surface area contributed by atoms with E-state index < -0.39 is 12.5 Å². The lowest BCUT2D eigenvalue weighted by atomic mass is 9.90. The number of aliphatic hydroxyl groups is 1. The Morgan fingerprint density at radius 2 is 2.35 bits per heavy atom. The van der Waals surface area contributed by atoms with Crippen LogP contribution in [0.2, 0.25) is 0 Å². The van der Waals surface area contributed by atoms with Gasteiger partial charge in [-0.2, -0.15) is 11.8 Å². The normalized spacial score (nSPS) is 35.6. The van der Waals surface area contributed by atoms with Gasteiger partial charge in [0.2, 0.25) is 0 Å². The van der Waals surface area contributed by atoms with Crippen molar-refractivity contribution in [2.45, 2.75) is 43.4 Å². The maximum atomic E-state index is 12.2. The molecular formula is C11H19F2NO2S. The van der Waals surface area contributed by atoms with Gasteiger partial charge in [0, 0.05) is 24.9 Å². The summed E-state index contributed by atoms with van der Waals surface area (Å²) in [5, 5.41) is 12.1. The van der Waals surface area contributed by atoms with Gasteiger partial charge in [0.1, 0.15) is 6.10 Å². The Kier molecular flexibility index (Phi) is 4.63. The lowest BCUT2D eigenvalue weighted by Gasteiger charge is -2.38. The number of thioether (sulfide) groups is 1. The highest BCUT2D eigenvalue weighted by Crippen LogP contribution is 2.38. The SMILES string of the molecule is OC(CNC1CCOC2(CCSC2)C1)C(F)F. The molecule has 2 rings (SSSR count). The molecule has 0 saturated carbocycles.